The zero-order valence-electron chi connectivity index (χ0n) is 16.4. The summed E-state index contributed by atoms with van der Waals surface area (Å²) in [7, 11) is 0. The quantitative estimate of drug-likeness (QED) is 0.668. The molecule has 1 amide bonds. The van der Waals surface area contributed by atoms with Gasteiger partial charge in [0.15, 0.2) is 5.82 Å². The monoisotopic (exact) mass is 389 g/mol. The molecule has 29 heavy (non-hydrogen) atoms. The van der Waals surface area contributed by atoms with E-state index in [2.05, 4.69) is 20.1 Å². The van der Waals surface area contributed by atoms with Gasteiger partial charge in [0.05, 0.1) is 17.9 Å². The van der Waals surface area contributed by atoms with Crippen molar-refractivity contribution in [3.05, 3.63) is 66.5 Å². The Balaban J connectivity index is 1.40. The molecule has 0 bridgehead atoms. The highest BCUT2D eigenvalue weighted by atomic mass is 16.5. The number of piperazine rings is 1. The molecule has 1 fully saturated rings. The fourth-order valence-corrected chi connectivity index (χ4v) is 3.40. The molecular weight excluding hydrogens is 366 g/mol. The molecule has 0 saturated carbocycles. The maximum Gasteiger partial charge on any atom is 0.257 e. The van der Waals surface area contributed by atoms with E-state index in [1.54, 1.807) is 12.4 Å². The second-order valence-corrected chi connectivity index (χ2v) is 6.72. The lowest BCUT2D eigenvalue weighted by Gasteiger charge is -2.35. The molecule has 148 valence electrons. The van der Waals surface area contributed by atoms with E-state index < -0.39 is 0 Å². The third-order valence-corrected chi connectivity index (χ3v) is 4.93. The minimum atomic E-state index is 0.00724. The Morgan fingerprint density at radius 3 is 2.41 bits per heavy atom. The van der Waals surface area contributed by atoms with E-state index in [4.69, 9.17) is 4.74 Å². The highest BCUT2D eigenvalue weighted by molar-refractivity contribution is 5.97. The van der Waals surface area contributed by atoms with Gasteiger partial charge in [0.25, 0.3) is 5.91 Å². The van der Waals surface area contributed by atoms with Crippen LogP contribution in [0.1, 0.15) is 17.3 Å². The van der Waals surface area contributed by atoms with Gasteiger partial charge in [0.2, 0.25) is 0 Å². The van der Waals surface area contributed by atoms with Crippen molar-refractivity contribution in [2.75, 3.05) is 37.7 Å². The van der Waals surface area contributed by atoms with E-state index in [0.29, 0.717) is 44.1 Å². The number of hydrogen-bond donors (Lipinski definition) is 0. The predicted octanol–water partition coefficient (Wildman–Crippen LogP) is 2.90. The molecule has 0 radical (unpaired) electrons. The fourth-order valence-electron chi connectivity index (χ4n) is 3.40. The van der Waals surface area contributed by atoms with Gasteiger partial charge >= 0.3 is 0 Å². The van der Waals surface area contributed by atoms with Gasteiger partial charge in [0.1, 0.15) is 5.75 Å². The average Bonchev–Trinajstić information content (AvgIpc) is 2.80. The van der Waals surface area contributed by atoms with E-state index in [1.165, 1.54) is 0 Å². The van der Waals surface area contributed by atoms with Crippen molar-refractivity contribution in [3.8, 4) is 17.0 Å². The first-order valence-electron chi connectivity index (χ1n) is 9.76. The van der Waals surface area contributed by atoms with Gasteiger partial charge in [-0.2, -0.15) is 0 Å². The summed E-state index contributed by atoms with van der Waals surface area (Å²) >= 11 is 0. The second kappa shape index (κ2) is 8.68. The summed E-state index contributed by atoms with van der Waals surface area (Å²) in [6, 6.07) is 15.2. The highest BCUT2D eigenvalue weighted by Crippen LogP contribution is 2.22. The maximum atomic E-state index is 12.9. The van der Waals surface area contributed by atoms with E-state index in [0.717, 1.165) is 17.1 Å². The van der Waals surface area contributed by atoms with E-state index >= 15 is 0 Å². The van der Waals surface area contributed by atoms with E-state index in [9.17, 15) is 4.79 Å². The van der Waals surface area contributed by atoms with Gasteiger partial charge in [-0.05, 0) is 43.3 Å². The summed E-state index contributed by atoms with van der Waals surface area (Å²) < 4.78 is 5.61. The molecular formula is C22H23N5O2. The Bertz CT molecular complexity index is 954. The lowest BCUT2D eigenvalue weighted by atomic mass is 10.1. The van der Waals surface area contributed by atoms with Crippen LogP contribution in [-0.4, -0.2) is 58.8 Å². The molecule has 4 rings (SSSR count). The Labute approximate surface area is 170 Å². The van der Waals surface area contributed by atoms with Gasteiger partial charge in [-0.1, -0.05) is 12.1 Å². The molecule has 0 aliphatic carbocycles. The molecule has 1 saturated heterocycles. The van der Waals surface area contributed by atoms with Gasteiger partial charge < -0.3 is 14.5 Å². The first kappa shape index (κ1) is 18.9. The van der Waals surface area contributed by atoms with Crippen LogP contribution in [0.2, 0.25) is 0 Å². The average molecular weight is 389 g/mol. The lowest BCUT2D eigenvalue weighted by Crippen LogP contribution is -2.49. The maximum absolute atomic E-state index is 12.9. The van der Waals surface area contributed by atoms with E-state index in [-0.39, 0.29) is 5.91 Å². The minimum Gasteiger partial charge on any atom is -0.493 e. The summed E-state index contributed by atoms with van der Waals surface area (Å²) in [6.45, 7) is 5.14. The van der Waals surface area contributed by atoms with Crippen molar-refractivity contribution in [1.29, 1.82) is 0 Å². The van der Waals surface area contributed by atoms with Gasteiger partial charge in [0, 0.05) is 44.1 Å². The van der Waals surface area contributed by atoms with Crippen LogP contribution in [0.4, 0.5) is 5.82 Å². The zero-order chi connectivity index (χ0) is 20.1. The van der Waals surface area contributed by atoms with Crippen LogP contribution in [0.5, 0.6) is 5.75 Å². The Morgan fingerprint density at radius 1 is 0.966 bits per heavy atom. The lowest BCUT2D eigenvalue weighted by molar-refractivity contribution is 0.0742. The molecule has 2 aromatic heterocycles. The Kier molecular flexibility index (Phi) is 5.65. The summed E-state index contributed by atoms with van der Waals surface area (Å²) in [5.41, 5.74) is 2.42. The summed E-state index contributed by atoms with van der Waals surface area (Å²) in [6.07, 6.45) is 3.48. The Morgan fingerprint density at radius 2 is 1.72 bits per heavy atom. The van der Waals surface area contributed by atoms with Crippen molar-refractivity contribution in [1.82, 2.24) is 20.1 Å². The number of anilines is 1. The molecule has 3 aromatic rings. The number of hydrogen-bond acceptors (Lipinski definition) is 6. The van der Waals surface area contributed by atoms with Crippen molar-refractivity contribution < 1.29 is 9.53 Å². The van der Waals surface area contributed by atoms with Crippen LogP contribution < -0.4 is 9.64 Å². The number of pyridine rings is 1. The van der Waals surface area contributed by atoms with Crippen molar-refractivity contribution in [3.63, 3.8) is 0 Å². The van der Waals surface area contributed by atoms with Crippen molar-refractivity contribution >= 4 is 11.7 Å². The van der Waals surface area contributed by atoms with Crippen LogP contribution in [0.3, 0.4) is 0 Å². The third kappa shape index (κ3) is 4.18. The van der Waals surface area contributed by atoms with Crippen molar-refractivity contribution in [2.24, 2.45) is 0 Å². The van der Waals surface area contributed by atoms with Gasteiger partial charge in [-0.15, -0.1) is 10.2 Å². The first-order chi connectivity index (χ1) is 14.3. The SMILES string of the molecule is CCOc1ccccc1C(=O)N1CCN(c2ccc(-c3ccncc3)nn2)CC1. The summed E-state index contributed by atoms with van der Waals surface area (Å²) in [5, 5.41) is 8.72. The van der Waals surface area contributed by atoms with Gasteiger partial charge in [-0.3, -0.25) is 9.78 Å². The molecule has 7 nitrogen and oxygen atoms in total. The number of nitrogens with zero attached hydrogens (tertiary/aromatic N) is 5. The fraction of sp³-hybridized carbons (Fsp3) is 0.273. The largest absolute Gasteiger partial charge is 0.493 e. The highest BCUT2D eigenvalue weighted by Gasteiger charge is 2.25. The molecule has 0 atom stereocenters. The molecule has 0 spiro atoms. The van der Waals surface area contributed by atoms with Crippen molar-refractivity contribution in [2.45, 2.75) is 6.92 Å². The number of aromatic nitrogens is 3. The molecule has 1 aliphatic heterocycles. The van der Waals surface area contributed by atoms with Crippen LogP contribution >= 0.6 is 0 Å². The summed E-state index contributed by atoms with van der Waals surface area (Å²) in [5.74, 6) is 1.47. The van der Waals surface area contributed by atoms with Gasteiger partial charge in [-0.25, -0.2) is 0 Å². The minimum absolute atomic E-state index is 0.00724. The molecule has 3 heterocycles. The molecule has 1 aromatic carbocycles. The number of para-hydroxylation sites is 1. The predicted molar refractivity (Wildman–Crippen MR) is 111 cm³/mol. The molecule has 0 N–H and O–H groups in total. The molecule has 7 heteroatoms. The number of ether oxygens (including phenoxy) is 1. The van der Waals surface area contributed by atoms with Crippen LogP contribution in [0.25, 0.3) is 11.3 Å². The van der Waals surface area contributed by atoms with E-state index in [1.807, 2.05) is 60.4 Å². The molecule has 1 aliphatic rings. The van der Waals surface area contributed by atoms with Crippen LogP contribution in [-0.2, 0) is 0 Å². The Hall–Kier alpha value is -3.48. The number of amides is 1. The number of benzene rings is 1. The number of carbonyl (C=O) groups is 1. The second-order valence-electron chi connectivity index (χ2n) is 6.72. The van der Waals surface area contributed by atoms with Crippen LogP contribution in [0.15, 0.2) is 60.9 Å². The van der Waals surface area contributed by atoms with Crippen LogP contribution in [0, 0.1) is 0 Å². The smallest absolute Gasteiger partial charge is 0.257 e. The molecule has 0 unspecified atom stereocenters. The standard InChI is InChI=1S/C22H23N5O2/c1-2-29-20-6-4-3-5-18(20)22(28)27-15-13-26(14-16-27)21-8-7-19(24-25-21)17-9-11-23-12-10-17/h3-12H,2,13-16H2,1H3. The summed E-state index contributed by atoms with van der Waals surface area (Å²) in [4.78, 5) is 21.0. The number of rotatable bonds is 5. The normalized spacial score (nSPS) is 14.0. The third-order valence-electron chi connectivity index (χ3n) is 4.93. The number of carbonyl (C=O) groups excluding carboxylic acids is 1. The topological polar surface area (TPSA) is 71.5 Å². The zero-order valence-corrected chi connectivity index (χ0v) is 16.4. The first-order valence-corrected chi connectivity index (χ1v) is 9.76.